The lowest BCUT2D eigenvalue weighted by atomic mass is 9.88. The van der Waals surface area contributed by atoms with Crippen LogP contribution in [-0.4, -0.2) is 15.6 Å². The van der Waals surface area contributed by atoms with Crippen molar-refractivity contribution in [1.82, 2.24) is 14.9 Å². The molecule has 1 unspecified atom stereocenters. The van der Waals surface area contributed by atoms with Gasteiger partial charge in [0.25, 0.3) is 5.56 Å². The summed E-state index contributed by atoms with van der Waals surface area (Å²) in [4.78, 5) is 40.7. The molecule has 3 N–H and O–H groups in total. The number of aromatic amines is 1. The van der Waals surface area contributed by atoms with Crippen LogP contribution >= 0.6 is 0 Å². The van der Waals surface area contributed by atoms with Gasteiger partial charge in [0.1, 0.15) is 5.82 Å². The van der Waals surface area contributed by atoms with E-state index in [1.807, 2.05) is 55.5 Å². The number of amides is 2. The first-order valence-electron chi connectivity index (χ1n) is 10.4. The van der Waals surface area contributed by atoms with Gasteiger partial charge in [-0.2, -0.15) is 0 Å². The minimum atomic E-state index is -0.697. The van der Waals surface area contributed by atoms with E-state index in [0.717, 1.165) is 39.9 Å². The van der Waals surface area contributed by atoms with E-state index in [0.29, 0.717) is 12.1 Å². The number of benzene rings is 3. The molecular weight excluding hydrogens is 392 g/mol. The SMILES string of the molecule is CCCCn1c2c(c(=O)[nH]c1=O)C(c1c3ccccc3cc3ccccc13)NC(=O)N2. The molecule has 5 rings (SSSR count). The van der Waals surface area contributed by atoms with Gasteiger partial charge in [0, 0.05) is 6.54 Å². The van der Waals surface area contributed by atoms with Crippen molar-refractivity contribution in [3.05, 3.63) is 86.6 Å². The van der Waals surface area contributed by atoms with Gasteiger partial charge in [-0.15, -0.1) is 0 Å². The van der Waals surface area contributed by atoms with Crippen LogP contribution in [0.2, 0.25) is 0 Å². The minimum Gasteiger partial charge on any atom is -0.327 e. The summed E-state index contributed by atoms with van der Waals surface area (Å²) in [7, 11) is 0. The number of hydrogen-bond donors (Lipinski definition) is 3. The molecular formula is C24H22N4O3. The lowest BCUT2D eigenvalue weighted by Crippen LogP contribution is -2.46. The van der Waals surface area contributed by atoms with Crippen LogP contribution in [0, 0.1) is 0 Å². The number of urea groups is 1. The number of fused-ring (bicyclic) bond motifs is 3. The second-order valence-electron chi connectivity index (χ2n) is 7.79. The first kappa shape index (κ1) is 19.1. The largest absolute Gasteiger partial charge is 0.329 e. The lowest BCUT2D eigenvalue weighted by molar-refractivity contribution is 0.248. The fraction of sp³-hybridized carbons (Fsp3) is 0.208. The van der Waals surface area contributed by atoms with E-state index >= 15 is 0 Å². The van der Waals surface area contributed by atoms with Gasteiger partial charge in [-0.05, 0) is 39.6 Å². The molecule has 2 heterocycles. The molecule has 1 aliphatic heterocycles. The van der Waals surface area contributed by atoms with Gasteiger partial charge < -0.3 is 5.32 Å². The summed E-state index contributed by atoms with van der Waals surface area (Å²) in [6.07, 6.45) is 1.63. The Morgan fingerprint density at radius 2 is 1.55 bits per heavy atom. The molecule has 3 aromatic carbocycles. The van der Waals surface area contributed by atoms with Crippen LogP contribution in [0.4, 0.5) is 10.6 Å². The van der Waals surface area contributed by atoms with Crippen LogP contribution < -0.4 is 21.9 Å². The molecule has 0 fully saturated rings. The molecule has 0 spiro atoms. The summed E-state index contributed by atoms with van der Waals surface area (Å²) < 4.78 is 1.46. The van der Waals surface area contributed by atoms with Crippen molar-refractivity contribution in [2.45, 2.75) is 32.4 Å². The molecule has 7 heteroatoms. The number of unbranched alkanes of at least 4 members (excludes halogenated alkanes) is 1. The highest BCUT2D eigenvalue weighted by molar-refractivity contribution is 6.04. The van der Waals surface area contributed by atoms with E-state index in [1.165, 1.54) is 4.57 Å². The van der Waals surface area contributed by atoms with Crippen molar-refractivity contribution >= 4 is 33.4 Å². The van der Waals surface area contributed by atoms with Gasteiger partial charge in [0.15, 0.2) is 0 Å². The highest BCUT2D eigenvalue weighted by Crippen LogP contribution is 2.38. The molecule has 0 radical (unpaired) electrons. The normalized spacial score (nSPS) is 15.5. The highest BCUT2D eigenvalue weighted by Gasteiger charge is 2.33. The van der Waals surface area contributed by atoms with Crippen LogP contribution in [0.3, 0.4) is 0 Å². The van der Waals surface area contributed by atoms with Crippen LogP contribution in [0.25, 0.3) is 21.5 Å². The Morgan fingerprint density at radius 3 is 2.19 bits per heavy atom. The molecule has 1 aliphatic rings. The van der Waals surface area contributed by atoms with Gasteiger partial charge in [0.05, 0.1) is 11.6 Å². The van der Waals surface area contributed by atoms with E-state index in [1.54, 1.807) is 0 Å². The number of aromatic nitrogens is 2. The maximum absolute atomic E-state index is 13.0. The molecule has 1 aromatic heterocycles. The average Bonchev–Trinajstić information content (AvgIpc) is 2.76. The van der Waals surface area contributed by atoms with Crippen molar-refractivity contribution in [3.63, 3.8) is 0 Å². The van der Waals surface area contributed by atoms with Gasteiger partial charge in [-0.1, -0.05) is 61.9 Å². The average molecular weight is 414 g/mol. The maximum atomic E-state index is 13.0. The predicted octanol–water partition coefficient (Wildman–Crippen LogP) is 3.87. The second kappa shape index (κ2) is 7.43. The maximum Gasteiger partial charge on any atom is 0.329 e. The molecule has 2 amide bonds. The molecule has 4 aromatic rings. The predicted molar refractivity (Wildman–Crippen MR) is 122 cm³/mol. The highest BCUT2D eigenvalue weighted by atomic mass is 16.2. The van der Waals surface area contributed by atoms with Gasteiger partial charge in [0.2, 0.25) is 0 Å². The third-order valence-corrected chi connectivity index (χ3v) is 5.87. The number of carbonyl (C=O) groups is 1. The van der Waals surface area contributed by atoms with Crippen LogP contribution in [0.5, 0.6) is 0 Å². The summed E-state index contributed by atoms with van der Waals surface area (Å²) >= 11 is 0. The third-order valence-electron chi connectivity index (χ3n) is 5.87. The summed E-state index contributed by atoms with van der Waals surface area (Å²) in [5.41, 5.74) is 0.177. The van der Waals surface area contributed by atoms with E-state index in [9.17, 15) is 14.4 Å². The minimum absolute atomic E-state index is 0.271. The Hall–Kier alpha value is -3.87. The van der Waals surface area contributed by atoms with Crippen molar-refractivity contribution in [2.75, 3.05) is 5.32 Å². The Bertz CT molecular complexity index is 1400. The zero-order valence-corrected chi connectivity index (χ0v) is 17.1. The molecule has 156 valence electrons. The van der Waals surface area contributed by atoms with Gasteiger partial charge >= 0.3 is 11.7 Å². The van der Waals surface area contributed by atoms with E-state index < -0.39 is 23.3 Å². The smallest absolute Gasteiger partial charge is 0.327 e. The fourth-order valence-electron chi connectivity index (χ4n) is 4.44. The van der Waals surface area contributed by atoms with Crippen molar-refractivity contribution in [2.24, 2.45) is 0 Å². The fourth-order valence-corrected chi connectivity index (χ4v) is 4.44. The Balaban J connectivity index is 1.86. The van der Waals surface area contributed by atoms with Crippen molar-refractivity contribution < 1.29 is 4.79 Å². The zero-order valence-electron chi connectivity index (χ0n) is 17.1. The first-order chi connectivity index (χ1) is 15.1. The van der Waals surface area contributed by atoms with E-state index in [4.69, 9.17) is 0 Å². The number of rotatable bonds is 4. The first-order valence-corrected chi connectivity index (χ1v) is 10.4. The quantitative estimate of drug-likeness (QED) is 0.442. The number of H-pyrrole nitrogens is 1. The summed E-state index contributed by atoms with van der Waals surface area (Å²) in [5, 5.41) is 9.57. The number of hydrogen-bond acceptors (Lipinski definition) is 3. The molecule has 31 heavy (non-hydrogen) atoms. The van der Waals surface area contributed by atoms with Crippen LogP contribution in [-0.2, 0) is 6.54 Å². The van der Waals surface area contributed by atoms with Crippen LogP contribution in [0.1, 0.15) is 36.9 Å². The molecule has 0 bridgehead atoms. The molecule has 0 aliphatic carbocycles. The second-order valence-corrected chi connectivity index (χ2v) is 7.79. The molecule has 1 atom stereocenters. The monoisotopic (exact) mass is 414 g/mol. The molecule has 7 nitrogen and oxygen atoms in total. The Kier molecular flexibility index (Phi) is 4.58. The Labute approximate surface area is 177 Å². The third kappa shape index (κ3) is 3.09. The van der Waals surface area contributed by atoms with Crippen molar-refractivity contribution in [1.29, 1.82) is 0 Å². The number of anilines is 1. The van der Waals surface area contributed by atoms with Crippen molar-refractivity contribution in [3.8, 4) is 0 Å². The topological polar surface area (TPSA) is 96.0 Å². The summed E-state index contributed by atoms with van der Waals surface area (Å²) in [6.45, 7) is 2.44. The molecule has 0 saturated carbocycles. The zero-order chi connectivity index (χ0) is 21.5. The Morgan fingerprint density at radius 1 is 0.903 bits per heavy atom. The van der Waals surface area contributed by atoms with Gasteiger partial charge in [-0.25, -0.2) is 9.59 Å². The lowest BCUT2D eigenvalue weighted by Gasteiger charge is -2.30. The standard InChI is InChI=1S/C24H22N4O3/c1-2-3-12-28-21-19(22(29)27-24(28)31)20(25-23(30)26-21)18-16-10-6-4-8-14(16)13-15-9-5-7-11-17(15)18/h4-11,13,20H,2-3,12H2,1H3,(H2,25,26,30)(H,27,29,31). The van der Waals surface area contributed by atoms with E-state index in [2.05, 4.69) is 21.7 Å². The summed E-state index contributed by atoms with van der Waals surface area (Å²) in [6, 6.07) is 16.8. The van der Waals surface area contributed by atoms with Gasteiger partial charge in [-0.3, -0.25) is 19.7 Å². The van der Waals surface area contributed by atoms with Crippen LogP contribution in [0.15, 0.2) is 64.2 Å². The number of nitrogens with zero attached hydrogens (tertiary/aromatic N) is 1. The van der Waals surface area contributed by atoms with E-state index in [-0.39, 0.29) is 5.82 Å². The number of nitrogens with one attached hydrogen (secondary N) is 3. The number of carbonyl (C=O) groups excluding carboxylic acids is 1. The molecule has 0 saturated heterocycles. The summed E-state index contributed by atoms with van der Waals surface area (Å²) in [5.74, 6) is 0.271.